The number of aromatic amines is 1. The van der Waals surface area contributed by atoms with E-state index >= 15 is 0 Å². The number of hydrogen-bond acceptors (Lipinski definition) is 1. The fourth-order valence-corrected chi connectivity index (χ4v) is 2.79. The van der Waals surface area contributed by atoms with Crippen LogP contribution < -0.4 is 0 Å². The van der Waals surface area contributed by atoms with Gasteiger partial charge in [0.15, 0.2) is 6.29 Å². The summed E-state index contributed by atoms with van der Waals surface area (Å²) in [4.78, 5) is 14.9. The number of nitrogens with one attached hydrogen (secondary N) is 1. The molecule has 0 aliphatic carbocycles. The second-order valence-corrected chi connectivity index (χ2v) is 5.48. The topological polar surface area (TPSA) is 32.9 Å². The van der Waals surface area contributed by atoms with Gasteiger partial charge in [0.2, 0.25) is 0 Å². The van der Waals surface area contributed by atoms with Crippen molar-refractivity contribution < 1.29 is 4.79 Å². The Balaban J connectivity index is 2.33. The molecule has 2 aromatic carbocycles. The van der Waals surface area contributed by atoms with Gasteiger partial charge in [-0.05, 0) is 37.1 Å². The number of carbonyl (C=O) groups excluding carboxylic acids is 1. The van der Waals surface area contributed by atoms with Crippen LogP contribution in [0, 0.1) is 13.8 Å². The van der Waals surface area contributed by atoms with Crippen LogP contribution in [0.4, 0.5) is 0 Å². The van der Waals surface area contributed by atoms with Crippen molar-refractivity contribution in [1.82, 2.24) is 4.98 Å². The van der Waals surface area contributed by atoms with Crippen molar-refractivity contribution in [3.8, 4) is 11.3 Å². The minimum absolute atomic E-state index is 0.646. The van der Waals surface area contributed by atoms with Crippen LogP contribution in [0.3, 0.4) is 0 Å². The van der Waals surface area contributed by atoms with Crippen molar-refractivity contribution in [1.29, 1.82) is 0 Å². The first-order valence-corrected chi connectivity index (χ1v) is 6.82. The highest BCUT2D eigenvalue weighted by Crippen LogP contribution is 2.32. The SMILES string of the molecule is Cc1ccc(-c2[nH]c3c(C)cc(Cl)cc3c2C=O)cc1. The van der Waals surface area contributed by atoms with Crippen LogP contribution in [-0.2, 0) is 0 Å². The van der Waals surface area contributed by atoms with Gasteiger partial charge in [-0.3, -0.25) is 4.79 Å². The van der Waals surface area contributed by atoms with Gasteiger partial charge in [0.05, 0.1) is 5.69 Å². The van der Waals surface area contributed by atoms with E-state index in [2.05, 4.69) is 4.98 Å². The van der Waals surface area contributed by atoms with E-state index in [0.29, 0.717) is 10.6 Å². The van der Waals surface area contributed by atoms with Crippen molar-refractivity contribution in [3.05, 3.63) is 58.1 Å². The van der Waals surface area contributed by atoms with E-state index in [9.17, 15) is 4.79 Å². The maximum atomic E-state index is 11.5. The second kappa shape index (κ2) is 4.80. The molecule has 3 heteroatoms. The summed E-state index contributed by atoms with van der Waals surface area (Å²) in [5.74, 6) is 0. The van der Waals surface area contributed by atoms with E-state index in [4.69, 9.17) is 11.6 Å². The van der Waals surface area contributed by atoms with Gasteiger partial charge >= 0.3 is 0 Å². The smallest absolute Gasteiger partial charge is 0.152 e. The third kappa shape index (κ3) is 2.02. The van der Waals surface area contributed by atoms with Crippen molar-refractivity contribution >= 4 is 28.8 Å². The molecule has 0 spiro atoms. The molecule has 0 saturated carbocycles. The second-order valence-electron chi connectivity index (χ2n) is 5.04. The van der Waals surface area contributed by atoms with Crippen LogP contribution in [0.15, 0.2) is 36.4 Å². The lowest BCUT2D eigenvalue weighted by Crippen LogP contribution is -1.84. The molecule has 0 aliphatic heterocycles. The van der Waals surface area contributed by atoms with E-state index in [0.717, 1.165) is 34.0 Å². The average molecular weight is 284 g/mol. The summed E-state index contributed by atoms with van der Waals surface area (Å²) in [6.07, 6.45) is 0.893. The van der Waals surface area contributed by atoms with Crippen molar-refractivity contribution in [2.45, 2.75) is 13.8 Å². The first kappa shape index (κ1) is 12.9. The summed E-state index contributed by atoms with van der Waals surface area (Å²) in [6, 6.07) is 11.8. The predicted octanol–water partition coefficient (Wildman–Crippen LogP) is 4.92. The molecule has 0 atom stereocenters. The van der Waals surface area contributed by atoms with Crippen LogP contribution >= 0.6 is 11.6 Å². The molecule has 100 valence electrons. The number of fused-ring (bicyclic) bond motifs is 1. The van der Waals surface area contributed by atoms with Gasteiger partial charge in [0, 0.05) is 21.5 Å². The molecule has 3 aromatic rings. The lowest BCUT2D eigenvalue weighted by Gasteiger charge is -2.00. The summed E-state index contributed by atoms with van der Waals surface area (Å²) in [7, 11) is 0. The summed E-state index contributed by atoms with van der Waals surface area (Å²) in [5.41, 5.74) is 5.71. The van der Waals surface area contributed by atoms with Gasteiger partial charge in [-0.2, -0.15) is 0 Å². The maximum Gasteiger partial charge on any atom is 0.152 e. The Hall–Kier alpha value is -2.06. The zero-order chi connectivity index (χ0) is 14.3. The Labute approximate surface area is 122 Å². The fraction of sp³-hybridized carbons (Fsp3) is 0.118. The number of benzene rings is 2. The van der Waals surface area contributed by atoms with Crippen LogP contribution in [0.2, 0.25) is 5.02 Å². The van der Waals surface area contributed by atoms with Gasteiger partial charge in [-0.1, -0.05) is 41.4 Å². The quantitative estimate of drug-likeness (QED) is 0.666. The molecule has 0 saturated heterocycles. The number of aromatic nitrogens is 1. The lowest BCUT2D eigenvalue weighted by atomic mass is 10.0. The van der Waals surface area contributed by atoms with Gasteiger partial charge in [-0.25, -0.2) is 0 Å². The van der Waals surface area contributed by atoms with Gasteiger partial charge in [-0.15, -0.1) is 0 Å². The molecule has 3 rings (SSSR count). The molecule has 0 unspecified atom stereocenters. The van der Waals surface area contributed by atoms with Crippen molar-refractivity contribution in [2.24, 2.45) is 0 Å². The molecular weight excluding hydrogens is 270 g/mol. The molecule has 1 N–H and O–H groups in total. The molecule has 1 aromatic heterocycles. The summed E-state index contributed by atoms with van der Waals surface area (Å²) < 4.78 is 0. The van der Waals surface area contributed by atoms with Crippen molar-refractivity contribution in [3.63, 3.8) is 0 Å². The highest BCUT2D eigenvalue weighted by molar-refractivity contribution is 6.31. The van der Waals surface area contributed by atoms with Gasteiger partial charge in [0.1, 0.15) is 0 Å². The van der Waals surface area contributed by atoms with E-state index in [1.807, 2.05) is 50.2 Å². The number of rotatable bonds is 2. The molecule has 0 bridgehead atoms. The van der Waals surface area contributed by atoms with E-state index in [1.54, 1.807) is 0 Å². The fourth-order valence-electron chi connectivity index (χ4n) is 2.52. The highest BCUT2D eigenvalue weighted by atomic mass is 35.5. The molecule has 0 aliphatic rings. The largest absolute Gasteiger partial charge is 0.354 e. The first-order valence-electron chi connectivity index (χ1n) is 6.44. The number of aryl methyl sites for hydroxylation is 2. The molecule has 0 fully saturated rings. The summed E-state index contributed by atoms with van der Waals surface area (Å²) in [5, 5.41) is 1.52. The Morgan fingerprint density at radius 3 is 2.45 bits per heavy atom. The molecular formula is C17H14ClNO. The Bertz CT molecular complexity index is 800. The highest BCUT2D eigenvalue weighted by Gasteiger charge is 2.14. The Kier molecular flexibility index (Phi) is 3.11. The number of carbonyl (C=O) groups is 1. The molecule has 20 heavy (non-hydrogen) atoms. The Morgan fingerprint density at radius 1 is 1.10 bits per heavy atom. The third-order valence-electron chi connectivity index (χ3n) is 3.57. The van der Waals surface area contributed by atoms with Crippen LogP contribution in [0.25, 0.3) is 22.2 Å². The monoisotopic (exact) mass is 283 g/mol. The van der Waals surface area contributed by atoms with Crippen LogP contribution in [0.1, 0.15) is 21.5 Å². The Morgan fingerprint density at radius 2 is 1.80 bits per heavy atom. The number of aldehydes is 1. The van der Waals surface area contributed by atoms with E-state index < -0.39 is 0 Å². The number of halogens is 1. The van der Waals surface area contributed by atoms with Crippen molar-refractivity contribution in [2.75, 3.05) is 0 Å². The molecule has 1 heterocycles. The number of H-pyrrole nitrogens is 1. The zero-order valence-electron chi connectivity index (χ0n) is 11.3. The number of hydrogen-bond donors (Lipinski definition) is 1. The first-order chi connectivity index (χ1) is 9.60. The minimum Gasteiger partial charge on any atom is -0.354 e. The van der Waals surface area contributed by atoms with Gasteiger partial charge < -0.3 is 4.98 Å². The minimum atomic E-state index is 0.646. The molecule has 0 amide bonds. The maximum absolute atomic E-state index is 11.5. The van der Waals surface area contributed by atoms with E-state index in [1.165, 1.54) is 5.56 Å². The standard InChI is InChI=1S/C17H14ClNO/c1-10-3-5-12(6-4-10)17-15(9-20)14-8-13(18)7-11(2)16(14)19-17/h3-9,19H,1-2H3. The summed E-state index contributed by atoms with van der Waals surface area (Å²) >= 11 is 6.10. The molecule has 2 nitrogen and oxygen atoms in total. The zero-order valence-corrected chi connectivity index (χ0v) is 12.1. The normalized spacial score (nSPS) is 10.9. The van der Waals surface area contributed by atoms with Crippen LogP contribution in [-0.4, -0.2) is 11.3 Å². The lowest BCUT2D eigenvalue weighted by molar-refractivity contribution is 0.112. The summed E-state index contributed by atoms with van der Waals surface area (Å²) in [6.45, 7) is 4.03. The third-order valence-corrected chi connectivity index (χ3v) is 3.79. The van der Waals surface area contributed by atoms with E-state index in [-0.39, 0.29) is 0 Å². The predicted molar refractivity (Wildman–Crippen MR) is 83.6 cm³/mol. The van der Waals surface area contributed by atoms with Crippen LogP contribution in [0.5, 0.6) is 0 Å². The van der Waals surface area contributed by atoms with Gasteiger partial charge in [0.25, 0.3) is 0 Å². The molecule has 0 radical (unpaired) electrons. The average Bonchev–Trinajstić information content (AvgIpc) is 2.78.